The fourth-order valence-electron chi connectivity index (χ4n) is 2.98. The van der Waals surface area contributed by atoms with Crippen LogP contribution in [0, 0.1) is 6.92 Å². The van der Waals surface area contributed by atoms with Crippen LogP contribution in [-0.2, 0) is 16.0 Å². The maximum absolute atomic E-state index is 5.96. The van der Waals surface area contributed by atoms with Crippen LogP contribution in [0.1, 0.15) is 24.5 Å². The number of rotatable bonds is 11. The van der Waals surface area contributed by atoms with Gasteiger partial charge in [-0.3, -0.25) is 4.90 Å². The van der Waals surface area contributed by atoms with E-state index in [1.54, 1.807) is 7.11 Å². The first-order valence-corrected chi connectivity index (χ1v) is 10.3. The van der Waals surface area contributed by atoms with Crippen LogP contribution >= 0.6 is 0 Å². The van der Waals surface area contributed by atoms with E-state index in [9.17, 15) is 0 Å². The third-order valence-corrected chi connectivity index (χ3v) is 4.55. The minimum absolute atomic E-state index is 0.576. The Kier molecular flexibility index (Phi) is 10.7. The van der Waals surface area contributed by atoms with Crippen LogP contribution in [0.25, 0.3) is 0 Å². The third-order valence-electron chi connectivity index (χ3n) is 4.55. The molecule has 1 fully saturated rings. The Hall–Kier alpha value is -1.83. The van der Waals surface area contributed by atoms with E-state index >= 15 is 0 Å². The first-order valence-electron chi connectivity index (χ1n) is 10.3. The van der Waals surface area contributed by atoms with Crippen LogP contribution in [0.3, 0.4) is 0 Å². The van der Waals surface area contributed by atoms with Crippen molar-refractivity contribution in [3.63, 3.8) is 0 Å². The number of morpholine rings is 1. The third kappa shape index (κ3) is 8.46. The number of benzene rings is 1. The maximum Gasteiger partial charge on any atom is 0.191 e. The highest BCUT2D eigenvalue weighted by Crippen LogP contribution is 2.21. The Labute approximate surface area is 169 Å². The summed E-state index contributed by atoms with van der Waals surface area (Å²) < 4.78 is 16.5. The highest BCUT2D eigenvalue weighted by molar-refractivity contribution is 5.79. The summed E-state index contributed by atoms with van der Waals surface area (Å²) in [6.45, 7) is 12.4. The summed E-state index contributed by atoms with van der Waals surface area (Å²) in [6, 6.07) is 6.28. The van der Waals surface area contributed by atoms with E-state index < -0.39 is 0 Å². The van der Waals surface area contributed by atoms with Crippen LogP contribution in [0.5, 0.6) is 5.75 Å². The van der Waals surface area contributed by atoms with E-state index in [1.807, 2.05) is 0 Å². The Morgan fingerprint density at radius 3 is 2.79 bits per heavy atom. The lowest BCUT2D eigenvalue weighted by atomic mass is 10.1. The lowest BCUT2D eigenvalue weighted by molar-refractivity contribution is 0.0389. The fourth-order valence-corrected chi connectivity index (χ4v) is 2.98. The average Bonchev–Trinajstić information content (AvgIpc) is 2.71. The zero-order chi connectivity index (χ0) is 20.0. The van der Waals surface area contributed by atoms with Crippen molar-refractivity contribution in [1.82, 2.24) is 15.5 Å². The van der Waals surface area contributed by atoms with Crippen LogP contribution in [0.4, 0.5) is 0 Å². The van der Waals surface area contributed by atoms with Crippen molar-refractivity contribution < 1.29 is 14.2 Å². The molecule has 0 atom stereocenters. The Morgan fingerprint density at radius 1 is 1.21 bits per heavy atom. The summed E-state index contributed by atoms with van der Waals surface area (Å²) in [5.41, 5.74) is 2.28. The smallest absolute Gasteiger partial charge is 0.191 e. The number of aryl methyl sites for hydroxylation is 1. The number of ether oxygens (including phenoxy) is 3. The summed E-state index contributed by atoms with van der Waals surface area (Å²) >= 11 is 0. The van der Waals surface area contributed by atoms with E-state index in [0.29, 0.717) is 19.8 Å². The number of hydrogen-bond donors (Lipinski definition) is 2. The van der Waals surface area contributed by atoms with Gasteiger partial charge in [0.2, 0.25) is 0 Å². The summed E-state index contributed by atoms with van der Waals surface area (Å²) in [6.07, 6.45) is 0.874. The molecule has 0 unspecified atom stereocenters. The number of nitrogens with zero attached hydrogens (tertiary/aromatic N) is 2. The zero-order valence-corrected chi connectivity index (χ0v) is 17.6. The number of guanidine groups is 1. The van der Waals surface area contributed by atoms with Gasteiger partial charge in [0.1, 0.15) is 5.75 Å². The van der Waals surface area contributed by atoms with Gasteiger partial charge < -0.3 is 24.8 Å². The standard InChI is InChI=1S/C21H36N4O3/c1-4-22-21(23-8-9-25-10-14-27-15-11-25)24-17-19-7-6-18(2)16-20(19)28-13-5-12-26-3/h6-7,16H,4-5,8-15,17H2,1-3H3,(H2,22,23,24). The molecule has 7 heteroatoms. The topological polar surface area (TPSA) is 67.4 Å². The van der Waals surface area contributed by atoms with Crippen molar-refractivity contribution in [2.45, 2.75) is 26.8 Å². The molecule has 0 bridgehead atoms. The van der Waals surface area contributed by atoms with E-state index in [1.165, 1.54) is 5.56 Å². The van der Waals surface area contributed by atoms with Crippen molar-refractivity contribution in [2.75, 3.05) is 66.3 Å². The van der Waals surface area contributed by atoms with Gasteiger partial charge in [0.15, 0.2) is 5.96 Å². The quantitative estimate of drug-likeness (QED) is 0.340. The number of nitrogens with one attached hydrogen (secondary N) is 2. The van der Waals surface area contributed by atoms with Crippen LogP contribution in [0.15, 0.2) is 23.2 Å². The van der Waals surface area contributed by atoms with Crippen LogP contribution < -0.4 is 15.4 Å². The van der Waals surface area contributed by atoms with E-state index in [0.717, 1.165) is 69.6 Å². The van der Waals surface area contributed by atoms with Gasteiger partial charge in [0.05, 0.1) is 26.4 Å². The van der Waals surface area contributed by atoms with E-state index in [2.05, 4.69) is 47.6 Å². The molecule has 0 spiro atoms. The van der Waals surface area contributed by atoms with Crippen molar-refractivity contribution in [3.05, 3.63) is 29.3 Å². The second kappa shape index (κ2) is 13.4. The monoisotopic (exact) mass is 392 g/mol. The molecule has 158 valence electrons. The molecule has 0 saturated carbocycles. The summed E-state index contributed by atoms with van der Waals surface area (Å²) in [5, 5.41) is 6.75. The Bertz CT molecular complexity index is 589. The van der Waals surface area contributed by atoms with Gasteiger partial charge in [0.25, 0.3) is 0 Å². The molecule has 0 amide bonds. The lowest BCUT2D eigenvalue weighted by Crippen LogP contribution is -2.44. The van der Waals surface area contributed by atoms with Crippen molar-refractivity contribution in [3.8, 4) is 5.75 Å². The highest BCUT2D eigenvalue weighted by Gasteiger charge is 2.10. The summed E-state index contributed by atoms with van der Waals surface area (Å²) in [4.78, 5) is 7.16. The van der Waals surface area contributed by atoms with Gasteiger partial charge >= 0.3 is 0 Å². The molecule has 2 N–H and O–H groups in total. The second-order valence-electron chi connectivity index (χ2n) is 6.88. The van der Waals surface area contributed by atoms with Crippen LogP contribution in [0.2, 0.25) is 0 Å². The van der Waals surface area contributed by atoms with E-state index in [4.69, 9.17) is 19.2 Å². The van der Waals surface area contributed by atoms with Crippen molar-refractivity contribution in [2.24, 2.45) is 4.99 Å². The van der Waals surface area contributed by atoms with Gasteiger partial charge in [-0.2, -0.15) is 0 Å². The normalized spacial score (nSPS) is 15.5. The van der Waals surface area contributed by atoms with E-state index in [-0.39, 0.29) is 0 Å². The predicted molar refractivity (Wildman–Crippen MR) is 113 cm³/mol. The van der Waals surface area contributed by atoms with Gasteiger partial charge in [-0.1, -0.05) is 12.1 Å². The summed E-state index contributed by atoms with van der Waals surface area (Å²) in [5.74, 6) is 1.74. The predicted octanol–water partition coefficient (Wildman–Crippen LogP) is 1.80. The number of methoxy groups -OCH3 is 1. The van der Waals surface area contributed by atoms with Gasteiger partial charge in [0, 0.05) is 58.4 Å². The fraction of sp³-hybridized carbons (Fsp3) is 0.667. The first kappa shape index (κ1) is 22.5. The molecule has 2 rings (SSSR count). The molecule has 1 heterocycles. The SMILES string of the molecule is CCNC(=NCc1ccc(C)cc1OCCCOC)NCCN1CCOCC1. The molecule has 1 aliphatic heterocycles. The molecular formula is C21H36N4O3. The molecule has 7 nitrogen and oxygen atoms in total. The molecule has 1 aliphatic rings. The van der Waals surface area contributed by atoms with Gasteiger partial charge in [-0.05, 0) is 25.5 Å². The molecule has 1 aromatic rings. The molecule has 1 saturated heterocycles. The van der Waals surface area contributed by atoms with Gasteiger partial charge in [-0.15, -0.1) is 0 Å². The molecular weight excluding hydrogens is 356 g/mol. The molecule has 0 aliphatic carbocycles. The maximum atomic E-state index is 5.96. The molecule has 0 aromatic heterocycles. The molecule has 0 radical (unpaired) electrons. The summed E-state index contributed by atoms with van der Waals surface area (Å²) in [7, 11) is 1.71. The Morgan fingerprint density at radius 2 is 2.04 bits per heavy atom. The molecule has 28 heavy (non-hydrogen) atoms. The van der Waals surface area contributed by atoms with Gasteiger partial charge in [-0.25, -0.2) is 4.99 Å². The second-order valence-corrected chi connectivity index (χ2v) is 6.88. The Balaban J connectivity index is 1.89. The van der Waals surface area contributed by atoms with Crippen LogP contribution in [-0.4, -0.2) is 77.1 Å². The van der Waals surface area contributed by atoms with Crippen molar-refractivity contribution >= 4 is 5.96 Å². The number of hydrogen-bond acceptors (Lipinski definition) is 5. The highest BCUT2D eigenvalue weighted by atomic mass is 16.5. The van der Waals surface area contributed by atoms with Crippen molar-refractivity contribution in [1.29, 1.82) is 0 Å². The lowest BCUT2D eigenvalue weighted by Gasteiger charge is -2.26. The zero-order valence-electron chi connectivity index (χ0n) is 17.6. The average molecular weight is 393 g/mol. The first-order chi connectivity index (χ1) is 13.7. The minimum atomic E-state index is 0.576. The molecule has 1 aromatic carbocycles. The number of aliphatic imine (C=N–C) groups is 1. The largest absolute Gasteiger partial charge is 0.493 e. The minimum Gasteiger partial charge on any atom is -0.493 e.